The lowest BCUT2D eigenvalue weighted by Crippen LogP contribution is -2.50. The molecule has 0 N–H and O–H groups in total. The molecular weight excluding hydrogens is 430 g/mol. The molecule has 2 aliphatic heterocycles. The van der Waals surface area contributed by atoms with E-state index in [2.05, 4.69) is 0 Å². The van der Waals surface area contributed by atoms with Gasteiger partial charge in [-0.2, -0.15) is 9.57 Å². The lowest BCUT2D eigenvalue weighted by atomic mass is 10.2. The molecule has 2 aromatic carbocycles. The van der Waals surface area contributed by atoms with Gasteiger partial charge in [-0.05, 0) is 35.9 Å². The van der Waals surface area contributed by atoms with E-state index in [1.165, 1.54) is 22.5 Å². The summed E-state index contributed by atoms with van der Waals surface area (Å²) in [6.07, 6.45) is 4.01. The van der Waals surface area contributed by atoms with Gasteiger partial charge in [0, 0.05) is 38.7 Å². The Hall–Kier alpha value is -3.35. The number of nitrogens with zero attached hydrogens (tertiary/aromatic N) is 3. The molecule has 0 aliphatic carbocycles. The first kappa shape index (κ1) is 21.9. The number of rotatable bonds is 4. The minimum Gasteiger partial charge on any atom is -0.490 e. The van der Waals surface area contributed by atoms with Crippen LogP contribution in [0.2, 0.25) is 0 Å². The van der Waals surface area contributed by atoms with Crippen LogP contribution in [0, 0.1) is 11.3 Å². The lowest BCUT2D eigenvalue weighted by Gasteiger charge is -2.33. The van der Waals surface area contributed by atoms with Gasteiger partial charge < -0.3 is 14.4 Å². The Bertz CT molecular complexity index is 1180. The fourth-order valence-electron chi connectivity index (χ4n) is 3.63. The van der Waals surface area contributed by atoms with Gasteiger partial charge in [-0.15, -0.1) is 0 Å². The van der Waals surface area contributed by atoms with Crippen molar-refractivity contribution in [1.82, 2.24) is 9.21 Å². The quantitative estimate of drug-likeness (QED) is 0.659. The third-order valence-corrected chi connectivity index (χ3v) is 7.32. The van der Waals surface area contributed by atoms with Crippen molar-refractivity contribution in [3.8, 4) is 17.6 Å². The predicted octanol–water partition coefficient (Wildman–Crippen LogP) is 2.27. The summed E-state index contributed by atoms with van der Waals surface area (Å²) < 4.78 is 38.5. The molecule has 32 heavy (non-hydrogen) atoms. The molecule has 0 atom stereocenters. The second-order valence-corrected chi connectivity index (χ2v) is 9.33. The Morgan fingerprint density at radius 3 is 2.47 bits per heavy atom. The molecule has 0 saturated carbocycles. The third-order valence-electron chi connectivity index (χ3n) is 5.37. The van der Waals surface area contributed by atoms with Crippen LogP contribution in [-0.2, 0) is 14.8 Å². The number of carbonyl (C=O) groups excluding carboxylic acids is 1. The number of sulfonamides is 1. The molecule has 2 heterocycles. The first-order valence-electron chi connectivity index (χ1n) is 10.3. The first-order chi connectivity index (χ1) is 15.5. The van der Waals surface area contributed by atoms with Crippen LogP contribution in [0.3, 0.4) is 0 Å². The number of benzene rings is 2. The van der Waals surface area contributed by atoms with Crippen molar-refractivity contribution in [2.45, 2.75) is 11.3 Å². The molecule has 9 heteroatoms. The lowest BCUT2D eigenvalue weighted by molar-refractivity contribution is -0.127. The molecule has 1 amide bonds. The van der Waals surface area contributed by atoms with Crippen molar-refractivity contribution in [1.29, 1.82) is 5.26 Å². The smallest absolute Gasteiger partial charge is 0.246 e. The van der Waals surface area contributed by atoms with Crippen LogP contribution < -0.4 is 9.47 Å². The van der Waals surface area contributed by atoms with E-state index in [0.29, 0.717) is 24.7 Å². The Kier molecular flexibility index (Phi) is 6.44. The maximum Gasteiger partial charge on any atom is 0.246 e. The van der Waals surface area contributed by atoms with Gasteiger partial charge in [-0.1, -0.05) is 18.2 Å². The summed E-state index contributed by atoms with van der Waals surface area (Å²) in [5.74, 6) is 1.17. The molecule has 0 bridgehead atoms. The molecule has 4 rings (SSSR count). The second kappa shape index (κ2) is 9.42. The van der Waals surface area contributed by atoms with E-state index < -0.39 is 10.0 Å². The minimum absolute atomic E-state index is 0.00317. The number of hydrogen-bond donors (Lipinski definition) is 0. The zero-order valence-corrected chi connectivity index (χ0v) is 18.3. The average molecular weight is 454 g/mol. The molecule has 166 valence electrons. The highest BCUT2D eigenvalue weighted by Crippen LogP contribution is 2.30. The van der Waals surface area contributed by atoms with E-state index in [1.807, 2.05) is 24.3 Å². The predicted molar refractivity (Wildman–Crippen MR) is 118 cm³/mol. The maximum absolute atomic E-state index is 12.9. The normalized spacial score (nSPS) is 17.0. The van der Waals surface area contributed by atoms with Crippen LogP contribution >= 0.6 is 0 Å². The van der Waals surface area contributed by atoms with Crippen LogP contribution in [0.1, 0.15) is 17.5 Å². The monoisotopic (exact) mass is 453 g/mol. The first-order valence-corrected chi connectivity index (χ1v) is 11.8. The SMILES string of the molecule is N#Cc1ccccc1S(=O)(=O)N1CCN(C(=O)/C=C/c2ccc3c(c2)OCCCO3)CC1. The van der Waals surface area contributed by atoms with E-state index in [0.717, 1.165) is 12.0 Å². The zero-order chi connectivity index (χ0) is 22.6. The van der Waals surface area contributed by atoms with Crippen molar-refractivity contribution >= 4 is 22.0 Å². The molecule has 0 unspecified atom stereocenters. The number of hydrogen-bond acceptors (Lipinski definition) is 6. The number of fused-ring (bicyclic) bond motifs is 1. The number of piperazine rings is 1. The summed E-state index contributed by atoms with van der Waals surface area (Å²) in [6, 6.07) is 13.6. The Morgan fingerprint density at radius 2 is 1.72 bits per heavy atom. The summed E-state index contributed by atoms with van der Waals surface area (Å²) in [7, 11) is -3.79. The molecule has 0 aromatic heterocycles. The fourth-order valence-corrected chi connectivity index (χ4v) is 5.19. The van der Waals surface area contributed by atoms with Crippen molar-refractivity contribution < 1.29 is 22.7 Å². The Balaban J connectivity index is 1.39. The van der Waals surface area contributed by atoms with Gasteiger partial charge in [-0.3, -0.25) is 4.79 Å². The highest BCUT2D eigenvalue weighted by Gasteiger charge is 2.31. The molecule has 2 aromatic rings. The zero-order valence-electron chi connectivity index (χ0n) is 17.4. The molecule has 1 fully saturated rings. The van der Waals surface area contributed by atoms with E-state index in [-0.39, 0.29) is 42.5 Å². The molecule has 8 nitrogen and oxygen atoms in total. The summed E-state index contributed by atoms with van der Waals surface area (Å²) >= 11 is 0. The van der Waals surface area contributed by atoms with E-state index >= 15 is 0 Å². The van der Waals surface area contributed by atoms with E-state index in [9.17, 15) is 18.5 Å². The van der Waals surface area contributed by atoms with Gasteiger partial charge in [0.05, 0.1) is 23.7 Å². The summed E-state index contributed by atoms with van der Waals surface area (Å²) in [4.78, 5) is 14.2. The summed E-state index contributed by atoms with van der Waals surface area (Å²) in [5, 5.41) is 9.22. The molecule has 1 saturated heterocycles. The van der Waals surface area contributed by atoms with Crippen molar-refractivity contribution in [2.75, 3.05) is 39.4 Å². The van der Waals surface area contributed by atoms with Gasteiger partial charge in [0.25, 0.3) is 0 Å². The van der Waals surface area contributed by atoms with Gasteiger partial charge in [-0.25, -0.2) is 8.42 Å². The maximum atomic E-state index is 12.9. The molecule has 2 aliphatic rings. The summed E-state index contributed by atoms with van der Waals surface area (Å²) in [6.45, 7) is 2.10. The molecule has 0 radical (unpaired) electrons. The van der Waals surface area contributed by atoms with Gasteiger partial charge in [0.2, 0.25) is 15.9 Å². The second-order valence-electron chi connectivity index (χ2n) is 7.43. The van der Waals surface area contributed by atoms with Crippen LogP contribution in [0.25, 0.3) is 6.08 Å². The fraction of sp³-hybridized carbons (Fsp3) is 0.304. The van der Waals surface area contributed by atoms with Gasteiger partial charge >= 0.3 is 0 Å². The number of ether oxygens (including phenoxy) is 2. The van der Waals surface area contributed by atoms with Crippen LogP contribution in [-0.4, -0.2) is 62.9 Å². The third kappa shape index (κ3) is 4.61. The van der Waals surface area contributed by atoms with Crippen molar-refractivity contribution in [3.05, 3.63) is 59.7 Å². The van der Waals surface area contributed by atoms with Crippen LogP contribution in [0.5, 0.6) is 11.5 Å². The van der Waals surface area contributed by atoms with Crippen LogP contribution in [0.15, 0.2) is 53.4 Å². The van der Waals surface area contributed by atoms with Crippen molar-refractivity contribution in [2.24, 2.45) is 0 Å². The highest BCUT2D eigenvalue weighted by atomic mass is 32.2. The Labute approximate surface area is 187 Å². The van der Waals surface area contributed by atoms with Crippen LogP contribution in [0.4, 0.5) is 0 Å². The highest BCUT2D eigenvalue weighted by molar-refractivity contribution is 7.89. The number of carbonyl (C=O) groups is 1. The van der Waals surface area contributed by atoms with Gasteiger partial charge in [0.1, 0.15) is 6.07 Å². The van der Waals surface area contributed by atoms with E-state index in [1.54, 1.807) is 23.1 Å². The van der Waals surface area contributed by atoms with E-state index in [4.69, 9.17) is 9.47 Å². The molecule has 0 spiro atoms. The Morgan fingerprint density at radius 1 is 1.00 bits per heavy atom. The standard InChI is InChI=1S/C23H23N3O5S/c24-17-19-4-1-2-5-22(19)32(28,29)26-12-10-25(11-13-26)23(27)9-7-18-6-8-20-21(16-18)31-15-3-14-30-20/h1-2,4-9,16H,3,10-15H2/b9-7+. The van der Waals surface area contributed by atoms with Gasteiger partial charge in [0.15, 0.2) is 11.5 Å². The number of nitriles is 1. The topological polar surface area (TPSA) is 99.9 Å². The molecular formula is C23H23N3O5S. The average Bonchev–Trinajstić information content (AvgIpc) is 3.07. The largest absolute Gasteiger partial charge is 0.490 e. The minimum atomic E-state index is -3.79. The number of amides is 1. The van der Waals surface area contributed by atoms with Crippen molar-refractivity contribution in [3.63, 3.8) is 0 Å². The summed E-state index contributed by atoms with van der Waals surface area (Å²) in [5.41, 5.74) is 0.931.